The Labute approximate surface area is 148 Å². The normalized spacial score (nSPS) is 11.5. The van der Waals surface area contributed by atoms with Crippen molar-refractivity contribution in [1.29, 1.82) is 0 Å². The van der Waals surface area contributed by atoms with E-state index >= 15 is 0 Å². The Kier molecular flexibility index (Phi) is 9.60. The largest absolute Gasteiger partial charge is 0.368 e. The molecule has 132 valence electrons. The van der Waals surface area contributed by atoms with Gasteiger partial charge in [0.1, 0.15) is 6.04 Å². The van der Waals surface area contributed by atoms with Gasteiger partial charge in [-0.1, -0.05) is 36.8 Å². The Balaban J connectivity index is 2.26. The van der Waals surface area contributed by atoms with E-state index in [1.807, 2.05) is 30.3 Å². The van der Waals surface area contributed by atoms with Gasteiger partial charge in [0, 0.05) is 19.4 Å². The van der Waals surface area contributed by atoms with Crippen LogP contribution in [0.5, 0.6) is 0 Å². The molecule has 7 heteroatoms. The molecule has 0 heterocycles. The monoisotopic (exact) mass is 351 g/mol. The second-order valence-electron chi connectivity index (χ2n) is 5.53. The number of benzene rings is 1. The summed E-state index contributed by atoms with van der Waals surface area (Å²) in [4.78, 5) is 34.4. The van der Waals surface area contributed by atoms with Gasteiger partial charge in [-0.15, -0.1) is 0 Å². The summed E-state index contributed by atoms with van der Waals surface area (Å²) in [7, 11) is 0. The lowest BCUT2D eigenvalue weighted by atomic mass is 10.1. The fraction of sp³-hybridized carbons (Fsp3) is 0.471. The Morgan fingerprint density at radius 3 is 2.38 bits per heavy atom. The lowest BCUT2D eigenvalue weighted by Gasteiger charge is -2.15. The summed E-state index contributed by atoms with van der Waals surface area (Å²) in [6.07, 6.45) is 3.03. The molecule has 0 aliphatic heterocycles. The van der Waals surface area contributed by atoms with Crippen LogP contribution < -0.4 is 16.4 Å². The number of amides is 3. The van der Waals surface area contributed by atoms with Crippen molar-refractivity contribution < 1.29 is 14.4 Å². The maximum Gasteiger partial charge on any atom is 0.240 e. The fourth-order valence-corrected chi connectivity index (χ4v) is 2.32. The highest BCUT2D eigenvalue weighted by Crippen LogP contribution is 2.04. The van der Waals surface area contributed by atoms with Crippen molar-refractivity contribution in [2.24, 2.45) is 5.73 Å². The molecule has 0 unspecified atom stereocenters. The summed E-state index contributed by atoms with van der Waals surface area (Å²) in [6.45, 7) is 0.582. The van der Waals surface area contributed by atoms with Crippen molar-refractivity contribution in [3.63, 3.8) is 0 Å². The first-order valence-electron chi connectivity index (χ1n) is 8.03. The zero-order valence-electron chi connectivity index (χ0n) is 13.7. The maximum atomic E-state index is 11.9. The zero-order chi connectivity index (χ0) is 17.8. The van der Waals surface area contributed by atoms with Gasteiger partial charge in [0.25, 0.3) is 0 Å². The first-order chi connectivity index (χ1) is 11.5. The molecule has 1 atom stereocenters. The van der Waals surface area contributed by atoms with Crippen molar-refractivity contribution >= 4 is 30.4 Å². The van der Waals surface area contributed by atoms with Gasteiger partial charge in [-0.2, -0.15) is 12.6 Å². The van der Waals surface area contributed by atoms with Crippen LogP contribution in [0.25, 0.3) is 0 Å². The number of nitrogens with two attached hydrogens (primary N) is 1. The fourth-order valence-electron chi connectivity index (χ4n) is 2.21. The molecule has 0 aliphatic rings. The number of primary amides is 1. The van der Waals surface area contributed by atoms with Gasteiger partial charge in [-0.25, -0.2) is 0 Å². The van der Waals surface area contributed by atoms with Crippen LogP contribution in [-0.4, -0.2) is 36.1 Å². The number of carbonyl (C=O) groups excluding carboxylic acids is 3. The van der Waals surface area contributed by atoms with Gasteiger partial charge >= 0.3 is 0 Å². The second kappa shape index (κ2) is 11.5. The van der Waals surface area contributed by atoms with E-state index in [9.17, 15) is 14.4 Å². The van der Waals surface area contributed by atoms with Crippen molar-refractivity contribution in [3.8, 4) is 0 Å². The quantitative estimate of drug-likeness (QED) is 0.350. The SMILES string of the molecule is NC(=O)[C@H](Cc1ccccc1)NC(=O)CCCCCNC(=O)CS. The van der Waals surface area contributed by atoms with Gasteiger partial charge in [0.05, 0.1) is 5.75 Å². The van der Waals surface area contributed by atoms with Crippen molar-refractivity contribution in [2.75, 3.05) is 12.3 Å². The number of nitrogens with one attached hydrogen (secondary N) is 2. The van der Waals surface area contributed by atoms with E-state index in [2.05, 4.69) is 23.3 Å². The van der Waals surface area contributed by atoms with E-state index in [0.29, 0.717) is 25.8 Å². The molecule has 24 heavy (non-hydrogen) atoms. The van der Waals surface area contributed by atoms with Gasteiger partial charge in [0.15, 0.2) is 0 Å². The van der Waals surface area contributed by atoms with Crippen molar-refractivity contribution in [3.05, 3.63) is 35.9 Å². The first-order valence-corrected chi connectivity index (χ1v) is 8.66. The van der Waals surface area contributed by atoms with Gasteiger partial charge < -0.3 is 16.4 Å². The Morgan fingerprint density at radius 1 is 1.04 bits per heavy atom. The number of carbonyl (C=O) groups is 3. The number of rotatable bonds is 11. The van der Waals surface area contributed by atoms with Crippen LogP contribution in [-0.2, 0) is 20.8 Å². The molecule has 1 rings (SSSR count). The number of thiol groups is 1. The average molecular weight is 351 g/mol. The predicted octanol–water partition coefficient (Wildman–Crippen LogP) is 0.806. The third-order valence-corrected chi connectivity index (χ3v) is 3.79. The lowest BCUT2D eigenvalue weighted by molar-refractivity contribution is -0.127. The number of hydrogen-bond acceptors (Lipinski definition) is 4. The van der Waals surface area contributed by atoms with Crippen LogP contribution in [0, 0.1) is 0 Å². The zero-order valence-corrected chi connectivity index (χ0v) is 14.6. The molecular weight excluding hydrogens is 326 g/mol. The summed E-state index contributed by atoms with van der Waals surface area (Å²) in [5, 5.41) is 5.41. The standard InChI is InChI=1S/C17H25N3O3S/c18-17(23)14(11-13-7-3-1-4-8-13)20-15(21)9-5-2-6-10-19-16(22)12-24/h1,3-4,7-8,14,24H,2,5-6,9-12H2,(H2,18,23)(H,19,22)(H,20,21)/t14-/m0/s1. The molecule has 0 saturated heterocycles. The third-order valence-electron chi connectivity index (χ3n) is 3.51. The highest BCUT2D eigenvalue weighted by atomic mass is 32.1. The van der Waals surface area contributed by atoms with E-state index in [0.717, 1.165) is 18.4 Å². The Bertz CT molecular complexity index is 537. The van der Waals surface area contributed by atoms with Crippen LogP contribution in [0.1, 0.15) is 31.2 Å². The molecule has 0 aromatic heterocycles. The van der Waals surface area contributed by atoms with E-state index in [1.165, 1.54) is 0 Å². The summed E-state index contributed by atoms with van der Waals surface area (Å²) >= 11 is 3.87. The average Bonchev–Trinajstić information content (AvgIpc) is 2.57. The molecule has 0 fully saturated rings. The molecule has 0 radical (unpaired) electrons. The van der Waals surface area contributed by atoms with Crippen molar-refractivity contribution in [2.45, 2.75) is 38.1 Å². The third kappa shape index (κ3) is 8.57. The number of unbranched alkanes of at least 4 members (excludes halogenated alkanes) is 2. The maximum absolute atomic E-state index is 11.9. The van der Waals surface area contributed by atoms with Crippen LogP contribution in [0.2, 0.25) is 0 Å². The molecular formula is C17H25N3O3S. The van der Waals surface area contributed by atoms with Crippen LogP contribution >= 0.6 is 12.6 Å². The minimum Gasteiger partial charge on any atom is -0.368 e. The Morgan fingerprint density at radius 2 is 1.75 bits per heavy atom. The molecule has 4 N–H and O–H groups in total. The highest BCUT2D eigenvalue weighted by Gasteiger charge is 2.18. The van der Waals surface area contributed by atoms with E-state index in [1.54, 1.807) is 0 Å². The van der Waals surface area contributed by atoms with Gasteiger partial charge in [0.2, 0.25) is 17.7 Å². The predicted molar refractivity (Wildman–Crippen MR) is 96.6 cm³/mol. The smallest absolute Gasteiger partial charge is 0.240 e. The topological polar surface area (TPSA) is 101 Å². The highest BCUT2D eigenvalue weighted by molar-refractivity contribution is 7.81. The van der Waals surface area contributed by atoms with Gasteiger partial charge in [-0.05, 0) is 18.4 Å². The molecule has 0 aliphatic carbocycles. The van der Waals surface area contributed by atoms with E-state index < -0.39 is 11.9 Å². The minimum atomic E-state index is -0.699. The number of hydrogen-bond donors (Lipinski definition) is 4. The molecule has 0 saturated carbocycles. The minimum absolute atomic E-state index is 0.0960. The lowest BCUT2D eigenvalue weighted by Crippen LogP contribution is -2.45. The molecule has 6 nitrogen and oxygen atoms in total. The van der Waals surface area contributed by atoms with Crippen LogP contribution in [0.4, 0.5) is 0 Å². The summed E-state index contributed by atoms with van der Waals surface area (Å²) in [6, 6.07) is 8.72. The Hall–Kier alpha value is -2.02. The van der Waals surface area contributed by atoms with Crippen LogP contribution in [0.15, 0.2) is 30.3 Å². The van der Waals surface area contributed by atoms with Crippen LogP contribution in [0.3, 0.4) is 0 Å². The van der Waals surface area contributed by atoms with Crippen molar-refractivity contribution in [1.82, 2.24) is 10.6 Å². The summed E-state index contributed by atoms with van der Waals surface area (Å²) in [5.41, 5.74) is 6.31. The van der Waals surface area contributed by atoms with Gasteiger partial charge in [-0.3, -0.25) is 14.4 Å². The summed E-state index contributed by atoms with van der Waals surface area (Å²) < 4.78 is 0. The van der Waals surface area contributed by atoms with E-state index in [4.69, 9.17) is 5.73 Å². The summed E-state index contributed by atoms with van der Waals surface area (Å²) in [5.74, 6) is -0.643. The molecule has 1 aromatic carbocycles. The second-order valence-corrected chi connectivity index (χ2v) is 5.85. The molecule has 0 bridgehead atoms. The molecule has 1 aromatic rings. The van der Waals surface area contributed by atoms with E-state index in [-0.39, 0.29) is 17.6 Å². The molecule has 3 amide bonds. The first kappa shape index (κ1) is 20.0. The molecule has 0 spiro atoms.